The van der Waals surface area contributed by atoms with Gasteiger partial charge in [0.05, 0.1) is 11.4 Å². The Bertz CT molecular complexity index is 534. The normalized spacial score (nSPS) is 12.1. The van der Waals surface area contributed by atoms with Crippen molar-refractivity contribution in [2.75, 3.05) is 5.32 Å². The van der Waals surface area contributed by atoms with Crippen LogP contribution in [0, 0.1) is 0 Å². The van der Waals surface area contributed by atoms with Crippen LogP contribution in [0.4, 0.5) is 11.4 Å². The molecule has 80 valence electrons. The highest BCUT2D eigenvalue weighted by molar-refractivity contribution is 5.75. The molecule has 0 atom stereocenters. The molecule has 0 fully saturated rings. The topological polar surface area (TPSA) is 21.3 Å². The number of hydrogen-bond acceptors (Lipinski definition) is 2. The van der Waals surface area contributed by atoms with Crippen molar-refractivity contribution in [3.8, 4) is 11.5 Å². The van der Waals surface area contributed by atoms with Crippen molar-refractivity contribution in [3.05, 3.63) is 48.0 Å². The van der Waals surface area contributed by atoms with Gasteiger partial charge in [0.15, 0.2) is 11.5 Å². The Morgan fingerprint density at radius 2 is 1.81 bits per heavy atom. The van der Waals surface area contributed by atoms with E-state index in [0.29, 0.717) is 0 Å². The first-order valence-electron chi connectivity index (χ1n) is 5.53. The van der Waals surface area contributed by atoms with Crippen molar-refractivity contribution in [1.82, 2.24) is 0 Å². The quantitative estimate of drug-likeness (QED) is 0.654. The molecule has 2 nitrogen and oxygen atoms in total. The zero-order chi connectivity index (χ0) is 11.0. The first-order valence-corrected chi connectivity index (χ1v) is 5.53. The second-order valence-electron chi connectivity index (χ2n) is 3.91. The van der Waals surface area contributed by atoms with Crippen LogP contribution in [-0.4, -0.2) is 0 Å². The summed E-state index contributed by atoms with van der Waals surface area (Å²) < 4.78 is 5.86. The summed E-state index contributed by atoms with van der Waals surface area (Å²) >= 11 is 0. The Morgan fingerprint density at radius 1 is 1.00 bits per heavy atom. The van der Waals surface area contributed by atoms with Crippen molar-refractivity contribution < 1.29 is 4.74 Å². The monoisotopic (exact) mass is 211 g/mol. The van der Waals surface area contributed by atoms with Gasteiger partial charge in [0.2, 0.25) is 0 Å². The minimum absolute atomic E-state index is 0.892. The minimum Gasteiger partial charge on any atom is -0.453 e. The largest absolute Gasteiger partial charge is 0.453 e. The third kappa shape index (κ3) is 1.43. The number of ether oxygens (including phenoxy) is 1. The number of anilines is 2. The summed E-state index contributed by atoms with van der Waals surface area (Å²) in [4.78, 5) is 0. The lowest BCUT2D eigenvalue weighted by atomic mass is 10.1. The number of benzene rings is 2. The van der Waals surface area contributed by atoms with Gasteiger partial charge in [-0.25, -0.2) is 0 Å². The molecule has 0 spiro atoms. The Hall–Kier alpha value is -1.96. The van der Waals surface area contributed by atoms with Crippen LogP contribution in [0.2, 0.25) is 0 Å². The van der Waals surface area contributed by atoms with Gasteiger partial charge in [-0.3, -0.25) is 0 Å². The zero-order valence-electron chi connectivity index (χ0n) is 9.16. The maximum absolute atomic E-state index is 5.86. The van der Waals surface area contributed by atoms with Crippen LogP contribution in [-0.2, 0) is 6.42 Å². The van der Waals surface area contributed by atoms with Gasteiger partial charge in [0.25, 0.3) is 0 Å². The average Bonchev–Trinajstić information content (AvgIpc) is 2.35. The smallest absolute Gasteiger partial charge is 0.151 e. The summed E-state index contributed by atoms with van der Waals surface area (Å²) in [6, 6.07) is 14.3. The van der Waals surface area contributed by atoms with Crippen molar-refractivity contribution >= 4 is 11.4 Å². The maximum atomic E-state index is 5.86. The lowest BCUT2D eigenvalue weighted by molar-refractivity contribution is 0.480. The molecule has 2 aromatic carbocycles. The van der Waals surface area contributed by atoms with Crippen LogP contribution in [0.3, 0.4) is 0 Å². The Labute approximate surface area is 94.9 Å². The predicted molar refractivity (Wildman–Crippen MR) is 65.6 cm³/mol. The van der Waals surface area contributed by atoms with E-state index in [4.69, 9.17) is 4.74 Å². The summed E-state index contributed by atoms with van der Waals surface area (Å²) in [5.74, 6) is 1.81. The van der Waals surface area contributed by atoms with Gasteiger partial charge in [0.1, 0.15) is 0 Å². The predicted octanol–water partition coefficient (Wildman–Crippen LogP) is 4.10. The molecule has 0 unspecified atom stereocenters. The van der Waals surface area contributed by atoms with E-state index < -0.39 is 0 Å². The van der Waals surface area contributed by atoms with Crippen LogP contribution < -0.4 is 10.1 Å². The molecule has 3 rings (SSSR count). The van der Waals surface area contributed by atoms with Crippen molar-refractivity contribution in [3.63, 3.8) is 0 Å². The van der Waals surface area contributed by atoms with E-state index >= 15 is 0 Å². The third-order valence-corrected chi connectivity index (χ3v) is 2.83. The van der Waals surface area contributed by atoms with E-state index in [1.165, 1.54) is 5.56 Å². The lowest BCUT2D eigenvalue weighted by Gasteiger charge is -2.21. The van der Waals surface area contributed by atoms with Crippen LogP contribution >= 0.6 is 0 Å². The van der Waals surface area contributed by atoms with Gasteiger partial charge in [-0.15, -0.1) is 0 Å². The number of rotatable bonds is 1. The van der Waals surface area contributed by atoms with Crippen molar-refractivity contribution in [2.24, 2.45) is 0 Å². The van der Waals surface area contributed by atoms with E-state index in [-0.39, 0.29) is 0 Å². The fraction of sp³-hybridized carbons (Fsp3) is 0.143. The average molecular weight is 211 g/mol. The van der Waals surface area contributed by atoms with Gasteiger partial charge >= 0.3 is 0 Å². The minimum atomic E-state index is 0.892. The maximum Gasteiger partial charge on any atom is 0.151 e. The fourth-order valence-corrected chi connectivity index (χ4v) is 1.90. The Kier molecular flexibility index (Phi) is 2.07. The molecule has 0 saturated carbocycles. The molecule has 1 heterocycles. The van der Waals surface area contributed by atoms with Crippen LogP contribution in [0.1, 0.15) is 12.5 Å². The SMILES string of the molecule is CCc1ccc2c(c1)Oc1ccccc1N2. The number of nitrogens with one attached hydrogen (secondary N) is 1. The molecule has 1 aliphatic rings. The summed E-state index contributed by atoms with van der Waals surface area (Å²) in [6.45, 7) is 2.14. The molecule has 0 aromatic heterocycles. The van der Waals surface area contributed by atoms with Gasteiger partial charge in [-0.1, -0.05) is 25.1 Å². The zero-order valence-corrected chi connectivity index (χ0v) is 9.16. The third-order valence-electron chi connectivity index (χ3n) is 2.83. The van der Waals surface area contributed by atoms with E-state index in [0.717, 1.165) is 29.3 Å². The fourth-order valence-electron chi connectivity index (χ4n) is 1.90. The molecule has 2 heteroatoms. The molecule has 0 radical (unpaired) electrons. The van der Waals surface area contributed by atoms with Crippen LogP contribution in [0.5, 0.6) is 11.5 Å². The molecule has 1 N–H and O–H groups in total. The van der Waals surface area contributed by atoms with Crippen molar-refractivity contribution in [1.29, 1.82) is 0 Å². The molecule has 1 aliphatic heterocycles. The van der Waals surface area contributed by atoms with Gasteiger partial charge < -0.3 is 10.1 Å². The van der Waals surface area contributed by atoms with Gasteiger partial charge in [-0.2, -0.15) is 0 Å². The summed E-state index contributed by atoms with van der Waals surface area (Å²) in [5, 5.41) is 3.37. The second kappa shape index (κ2) is 3.56. The summed E-state index contributed by atoms with van der Waals surface area (Å²) in [6.07, 6.45) is 1.03. The van der Waals surface area contributed by atoms with E-state index in [1.54, 1.807) is 0 Å². The second-order valence-corrected chi connectivity index (χ2v) is 3.91. The van der Waals surface area contributed by atoms with Crippen LogP contribution in [0.25, 0.3) is 0 Å². The molecule has 0 saturated heterocycles. The molecule has 16 heavy (non-hydrogen) atoms. The Morgan fingerprint density at radius 3 is 2.69 bits per heavy atom. The number of fused-ring (bicyclic) bond motifs is 2. The first-order chi connectivity index (χ1) is 7.86. The first kappa shape index (κ1) is 9.28. The highest BCUT2D eigenvalue weighted by Crippen LogP contribution is 2.41. The molecular formula is C14H13NO. The molecule has 0 aliphatic carbocycles. The van der Waals surface area contributed by atoms with E-state index in [2.05, 4.69) is 30.4 Å². The van der Waals surface area contributed by atoms with E-state index in [9.17, 15) is 0 Å². The molecule has 0 amide bonds. The van der Waals surface area contributed by atoms with Crippen LogP contribution in [0.15, 0.2) is 42.5 Å². The Balaban J connectivity index is 2.05. The lowest BCUT2D eigenvalue weighted by Crippen LogP contribution is -2.02. The highest BCUT2D eigenvalue weighted by atomic mass is 16.5. The highest BCUT2D eigenvalue weighted by Gasteiger charge is 2.15. The standard InChI is InChI=1S/C14H13NO/c1-2-10-7-8-12-14(9-10)16-13-6-4-3-5-11(13)15-12/h3-9,15H,2H2,1H3. The van der Waals surface area contributed by atoms with Gasteiger partial charge in [0, 0.05) is 0 Å². The number of aryl methyl sites for hydroxylation is 1. The van der Waals surface area contributed by atoms with E-state index in [1.807, 2.05) is 24.3 Å². The molecule has 0 bridgehead atoms. The molecule has 2 aromatic rings. The van der Waals surface area contributed by atoms with Crippen molar-refractivity contribution in [2.45, 2.75) is 13.3 Å². The number of hydrogen-bond donors (Lipinski definition) is 1. The number of para-hydroxylation sites is 2. The molecular weight excluding hydrogens is 198 g/mol. The summed E-state index contributed by atoms with van der Waals surface area (Å²) in [7, 11) is 0. The van der Waals surface area contributed by atoms with Gasteiger partial charge in [-0.05, 0) is 36.2 Å². The summed E-state index contributed by atoms with van der Waals surface area (Å²) in [5.41, 5.74) is 3.36.